The van der Waals surface area contributed by atoms with E-state index in [1.54, 1.807) is 24.3 Å². The summed E-state index contributed by atoms with van der Waals surface area (Å²) in [5.41, 5.74) is -0.140. The molecule has 1 unspecified atom stereocenters. The number of anilines is 1. The Labute approximate surface area is 171 Å². The zero-order valence-electron chi connectivity index (χ0n) is 16.6. The maximum atomic E-state index is 13.3. The van der Waals surface area contributed by atoms with E-state index in [1.165, 1.54) is 34.5 Å². The summed E-state index contributed by atoms with van der Waals surface area (Å²) >= 11 is 0. The second kappa shape index (κ2) is 7.24. The van der Waals surface area contributed by atoms with Gasteiger partial charge in [0.05, 0.1) is 23.9 Å². The van der Waals surface area contributed by atoms with Gasteiger partial charge >= 0.3 is 5.69 Å². The Morgan fingerprint density at radius 1 is 1.17 bits per heavy atom. The van der Waals surface area contributed by atoms with Gasteiger partial charge in [0.15, 0.2) is 21.0 Å². The molecule has 1 aromatic carbocycles. The van der Waals surface area contributed by atoms with E-state index in [1.807, 2.05) is 6.07 Å². The zero-order valence-corrected chi connectivity index (χ0v) is 17.4. The van der Waals surface area contributed by atoms with Gasteiger partial charge in [0.25, 0.3) is 5.56 Å². The van der Waals surface area contributed by atoms with Gasteiger partial charge in [-0.15, -0.1) is 0 Å². The minimum atomic E-state index is -3.21. The number of hydrogen-bond donors (Lipinski definition) is 0. The van der Waals surface area contributed by atoms with Gasteiger partial charge in [0, 0.05) is 19.8 Å². The highest BCUT2D eigenvalue weighted by molar-refractivity contribution is 7.91. The predicted octanol–water partition coefficient (Wildman–Crippen LogP) is -0.346. The van der Waals surface area contributed by atoms with Crippen LogP contribution in [0.4, 0.5) is 5.69 Å². The van der Waals surface area contributed by atoms with Gasteiger partial charge in [0.1, 0.15) is 6.54 Å². The van der Waals surface area contributed by atoms with E-state index in [0.29, 0.717) is 12.1 Å². The molecule has 0 saturated carbocycles. The summed E-state index contributed by atoms with van der Waals surface area (Å²) in [5, 5.41) is 0. The van der Waals surface area contributed by atoms with Crippen LogP contribution < -0.4 is 16.1 Å². The molecule has 1 fully saturated rings. The lowest BCUT2D eigenvalue weighted by molar-refractivity contribution is -0.119. The normalized spacial score (nSPS) is 18.0. The minimum Gasteiger partial charge on any atom is -0.315 e. The van der Waals surface area contributed by atoms with Crippen LogP contribution in [0.3, 0.4) is 0 Å². The van der Waals surface area contributed by atoms with Crippen LogP contribution >= 0.6 is 0 Å². The molecule has 1 atom stereocenters. The Balaban J connectivity index is 1.75. The quantitative estimate of drug-likeness (QED) is 0.558. The van der Waals surface area contributed by atoms with Crippen LogP contribution in [0.2, 0.25) is 0 Å². The first kappa shape index (κ1) is 20.1. The number of carbonyl (C=O) groups is 1. The molecule has 11 heteroatoms. The third-order valence-electron chi connectivity index (χ3n) is 5.40. The van der Waals surface area contributed by atoms with E-state index in [4.69, 9.17) is 0 Å². The van der Waals surface area contributed by atoms with Crippen LogP contribution in [-0.4, -0.2) is 50.6 Å². The summed E-state index contributed by atoms with van der Waals surface area (Å²) in [5.74, 6) is -0.432. The summed E-state index contributed by atoms with van der Waals surface area (Å²) in [4.78, 5) is 43.7. The van der Waals surface area contributed by atoms with E-state index in [2.05, 4.69) is 4.98 Å². The van der Waals surface area contributed by atoms with E-state index in [0.717, 1.165) is 4.57 Å². The number of aromatic nitrogens is 4. The molecule has 30 heavy (non-hydrogen) atoms. The first-order valence-electron chi connectivity index (χ1n) is 9.38. The average molecular weight is 431 g/mol. The van der Waals surface area contributed by atoms with Gasteiger partial charge in [-0.1, -0.05) is 18.2 Å². The van der Waals surface area contributed by atoms with Crippen LogP contribution in [0.25, 0.3) is 11.2 Å². The first-order chi connectivity index (χ1) is 14.2. The molecule has 0 radical (unpaired) electrons. The Morgan fingerprint density at radius 3 is 2.50 bits per heavy atom. The molecular weight excluding hydrogens is 410 g/mol. The Morgan fingerprint density at radius 2 is 1.87 bits per heavy atom. The first-order valence-corrected chi connectivity index (χ1v) is 11.2. The fourth-order valence-electron chi connectivity index (χ4n) is 3.86. The molecule has 158 valence electrons. The van der Waals surface area contributed by atoms with Crippen molar-refractivity contribution in [3.8, 4) is 0 Å². The van der Waals surface area contributed by atoms with Crippen molar-refractivity contribution in [2.24, 2.45) is 14.1 Å². The van der Waals surface area contributed by atoms with Crippen LogP contribution in [0.15, 0.2) is 46.2 Å². The summed E-state index contributed by atoms with van der Waals surface area (Å²) in [6.45, 7) is -0.213. The molecule has 0 N–H and O–H groups in total. The summed E-state index contributed by atoms with van der Waals surface area (Å²) < 4.78 is 27.6. The molecular formula is C19H21N5O5S. The van der Waals surface area contributed by atoms with Crippen LogP contribution in [-0.2, 0) is 35.3 Å². The lowest BCUT2D eigenvalue weighted by atomic mass is 10.1. The van der Waals surface area contributed by atoms with Crippen LogP contribution in [0.5, 0.6) is 0 Å². The van der Waals surface area contributed by atoms with Gasteiger partial charge in [-0.05, 0) is 18.6 Å². The monoisotopic (exact) mass is 431 g/mol. The highest BCUT2D eigenvalue weighted by Gasteiger charge is 2.35. The van der Waals surface area contributed by atoms with Crippen LogP contribution in [0.1, 0.15) is 6.42 Å². The van der Waals surface area contributed by atoms with Gasteiger partial charge in [-0.3, -0.25) is 18.7 Å². The molecule has 3 heterocycles. The molecule has 4 rings (SSSR count). The highest BCUT2D eigenvalue weighted by Crippen LogP contribution is 2.25. The van der Waals surface area contributed by atoms with Gasteiger partial charge in [-0.25, -0.2) is 18.2 Å². The van der Waals surface area contributed by atoms with E-state index in [-0.39, 0.29) is 35.1 Å². The van der Waals surface area contributed by atoms with E-state index in [9.17, 15) is 22.8 Å². The van der Waals surface area contributed by atoms with Gasteiger partial charge in [0.2, 0.25) is 5.91 Å². The molecule has 3 aromatic rings. The number of fused-ring (bicyclic) bond motifs is 1. The lowest BCUT2D eigenvalue weighted by Crippen LogP contribution is -2.43. The number of sulfone groups is 1. The second-order valence-electron chi connectivity index (χ2n) is 7.41. The van der Waals surface area contributed by atoms with Crippen molar-refractivity contribution in [1.82, 2.24) is 18.7 Å². The summed E-state index contributed by atoms with van der Waals surface area (Å²) in [6, 6.07) is 8.38. The molecule has 0 spiro atoms. The Kier molecular flexibility index (Phi) is 4.85. The zero-order chi connectivity index (χ0) is 21.6. The predicted molar refractivity (Wildman–Crippen MR) is 111 cm³/mol. The fraction of sp³-hybridized carbons (Fsp3) is 0.368. The summed E-state index contributed by atoms with van der Waals surface area (Å²) in [6.07, 6.45) is 1.70. The molecule has 1 aliphatic rings. The number of amides is 1. The lowest BCUT2D eigenvalue weighted by Gasteiger charge is -2.28. The van der Waals surface area contributed by atoms with Crippen molar-refractivity contribution in [3.05, 3.63) is 57.5 Å². The maximum absolute atomic E-state index is 13.3. The number of hydrogen-bond acceptors (Lipinski definition) is 6. The number of carbonyl (C=O) groups excluding carboxylic acids is 1. The van der Waals surface area contributed by atoms with Gasteiger partial charge < -0.3 is 9.47 Å². The third kappa shape index (κ3) is 3.34. The van der Waals surface area contributed by atoms with E-state index < -0.39 is 27.1 Å². The highest BCUT2D eigenvalue weighted by atomic mass is 32.2. The summed E-state index contributed by atoms with van der Waals surface area (Å²) in [7, 11) is -0.339. The number of rotatable bonds is 4. The van der Waals surface area contributed by atoms with Crippen molar-refractivity contribution < 1.29 is 13.2 Å². The number of imidazole rings is 1. The standard InChI is InChI=1S/C19H21N5O5S/c1-21-17-16(18(26)22(2)19(21)27)23(12-20-17)10-15(25)24(13-6-4-3-5-7-13)14-8-9-30(28,29)11-14/h3-7,12,14H,8-11H2,1-2H3. The van der Waals surface area contributed by atoms with Crippen molar-refractivity contribution >= 4 is 32.6 Å². The number of aryl methyl sites for hydroxylation is 1. The van der Waals surface area contributed by atoms with Crippen molar-refractivity contribution in [1.29, 1.82) is 0 Å². The minimum absolute atomic E-state index is 0.0327. The second-order valence-corrected chi connectivity index (χ2v) is 9.64. The van der Waals surface area contributed by atoms with Crippen molar-refractivity contribution in [2.75, 3.05) is 16.4 Å². The molecule has 10 nitrogen and oxygen atoms in total. The number of benzene rings is 1. The fourth-order valence-corrected chi connectivity index (χ4v) is 5.56. The SMILES string of the molecule is Cn1c(=O)c2c(ncn2CC(=O)N(c2ccccc2)C2CCS(=O)(=O)C2)n(C)c1=O. The smallest absolute Gasteiger partial charge is 0.315 e. The molecule has 0 bridgehead atoms. The van der Waals surface area contributed by atoms with Crippen LogP contribution in [0, 0.1) is 0 Å². The number of para-hydroxylation sites is 1. The Bertz CT molecular complexity index is 1350. The molecule has 1 saturated heterocycles. The van der Waals surface area contributed by atoms with Gasteiger partial charge in [-0.2, -0.15) is 0 Å². The molecule has 1 aliphatic heterocycles. The largest absolute Gasteiger partial charge is 0.332 e. The Hall–Kier alpha value is -3.21. The average Bonchev–Trinajstić information content (AvgIpc) is 3.29. The molecule has 0 aliphatic carbocycles. The maximum Gasteiger partial charge on any atom is 0.332 e. The van der Waals surface area contributed by atoms with E-state index >= 15 is 0 Å². The van der Waals surface area contributed by atoms with Crippen molar-refractivity contribution in [2.45, 2.75) is 19.0 Å². The van der Waals surface area contributed by atoms with Crippen molar-refractivity contribution in [3.63, 3.8) is 0 Å². The third-order valence-corrected chi connectivity index (χ3v) is 7.15. The molecule has 2 aromatic heterocycles. The topological polar surface area (TPSA) is 116 Å². The number of nitrogens with zero attached hydrogens (tertiary/aromatic N) is 5. The molecule has 1 amide bonds.